The van der Waals surface area contributed by atoms with Crippen molar-refractivity contribution < 1.29 is 23.1 Å². The largest absolute Gasteiger partial charge is 0.433 e. The number of aromatic amines is 1. The number of amides is 1. The van der Waals surface area contributed by atoms with E-state index >= 15 is 0 Å². The molecule has 2 aliphatic rings. The molecule has 0 unspecified atom stereocenters. The normalized spacial score (nSPS) is 17.7. The van der Waals surface area contributed by atoms with E-state index in [0.717, 1.165) is 41.2 Å². The summed E-state index contributed by atoms with van der Waals surface area (Å²) >= 11 is 0. The fourth-order valence-corrected chi connectivity index (χ4v) is 5.04. The zero-order valence-corrected chi connectivity index (χ0v) is 20.2. The predicted molar refractivity (Wildman–Crippen MR) is 129 cm³/mol. The van der Waals surface area contributed by atoms with E-state index in [-0.39, 0.29) is 11.3 Å². The number of carbonyl (C=O) groups excluding carboxylic acids is 1. The minimum Gasteiger partial charge on any atom is -0.392 e. The van der Waals surface area contributed by atoms with Crippen LogP contribution in [0.15, 0.2) is 43.1 Å². The van der Waals surface area contributed by atoms with Gasteiger partial charge in [0.05, 0.1) is 24.5 Å². The lowest BCUT2D eigenvalue weighted by atomic mass is 9.85. The second-order valence-corrected chi connectivity index (χ2v) is 9.49. The molecule has 4 aromatic heterocycles. The Kier molecular flexibility index (Phi) is 6.11. The van der Waals surface area contributed by atoms with Crippen molar-refractivity contribution in [3.8, 4) is 11.3 Å². The maximum absolute atomic E-state index is 13.2. The number of aliphatic hydroxyl groups is 1. The van der Waals surface area contributed by atoms with E-state index in [4.69, 9.17) is 0 Å². The molecule has 197 valence electrons. The number of hydrogen-bond acceptors (Lipinski definition) is 7. The monoisotopic (exact) mass is 525 g/mol. The highest BCUT2D eigenvalue weighted by molar-refractivity contribution is 5.92. The van der Waals surface area contributed by atoms with Crippen molar-refractivity contribution in [2.75, 3.05) is 26.2 Å². The number of aliphatic hydroxyl groups excluding tert-OH is 1. The Morgan fingerprint density at radius 2 is 1.92 bits per heavy atom. The van der Waals surface area contributed by atoms with Crippen LogP contribution < -0.4 is 0 Å². The first-order chi connectivity index (χ1) is 18.3. The molecule has 10 nitrogen and oxygen atoms in total. The maximum atomic E-state index is 13.2. The van der Waals surface area contributed by atoms with Gasteiger partial charge >= 0.3 is 6.18 Å². The standard InChI is InChI=1S/C25H24F3N8O2/c26-25(27,28)21-8-15(13-37)7-20(33-21)24(38)35-5-3-34(4-6-35)17-9-18(10-17)36-12-16(11-32-36)22-19-1-2-29-23(19)31-14-30-22/h1-2,7-8,11-12,14,17,37H,3-6,9-10,13H2,(H,29,30,31). The minimum absolute atomic E-state index is 0.00542. The molecule has 2 N–H and O–H groups in total. The van der Waals surface area contributed by atoms with Gasteiger partial charge in [-0.3, -0.25) is 14.4 Å². The van der Waals surface area contributed by atoms with E-state index in [9.17, 15) is 23.1 Å². The highest BCUT2D eigenvalue weighted by Crippen LogP contribution is 2.36. The summed E-state index contributed by atoms with van der Waals surface area (Å²) in [5.74, 6) is -0.559. The Bertz CT molecular complexity index is 1470. The molecule has 0 atom stereocenters. The number of nitrogens with one attached hydrogen (secondary N) is 1. The lowest BCUT2D eigenvalue weighted by Crippen LogP contribution is -2.55. The van der Waals surface area contributed by atoms with Gasteiger partial charge in [-0.05, 0) is 36.6 Å². The first kappa shape index (κ1) is 24.5. The number of nitrogens with zero attached hydrogens (tertiary/aromatic N) is 7. The van der Waals surface area contributed by atoms with E-state index in [1.807, 2.05) is 23.1 Å². The summed E-state index contributed by atoms with van der Waals surface area (Å²) in [5.41, 5.74) is 1.03. The van der Waals surface area contributed by atoms with Gasteiger partial charge in [0.25, 0.3) is 5.91 Å². The van der Waals surface area contributed by atoms with Crippen molar-refractivity contribution in [1.29, 1.82) is 0 Å². The van der Waals surface area contributed by atoms with E-state index in [2.05, 4.69) is 29.9 Å². The summed E-state index contributed by atoms with van der Waals surface area (Å²) in [6, 6.07) is 5.42. The number of rotatable bonds is 5. The first-order valence-corrected chi connectivity index (χ1v) is 12.2. The molecule has 4 aromatic rings. The van der Waals surface area contributed by atoms with E-state index in [1.165, 1.54) is 23.3 Å². The molecule has 0 spiro atoms. The summed E-state index contributed by atoms with van der Waals surface area (Å²) in [6.07, 6.45) is 4.10. The number of aromatic nitrogens is 6. The Labute approximate surface area is 215 Å². The lowest BCUT2D eigenvalue weighted by molar-refractivity contribution is -0.141. The van der Waals surface area contributed by atoms with Crippen LogP contribution in [-0.4, -0.2) is 82.8 Å². The van der Waals surface area contributed by atoms with Crippen molar-refractivity contribution in [2.45, 2.75) is 31.7 Å². The summed E-state index contributed by atoms with van der Waals surface area (Å²) < 4.78 is 41.4. The third kappa shape index (κ3) is 4.52. The molecule has 1 radical (unpaired) electrons. The molecule has 1 amide bonds. The molecule has 1 saturated heterocycles. The fraction of sp³-hybridized carbons (Fsp3) is 0.360. The third-order valence-electron chi connectivity index (χ3n) is 7.17. The molecule has 13 heteroatoms. The van der Waals surface area contributed by atoms with Gasteiger partial charge in [-0.1, -0.05) is 0 Å². The molecule has 1 saturated carbocycles. The van der Waals surface area contributed by atoms with Gasteiger partial charge in [0.2, 0.25) is 0 Å². The number of halogens is 3. The Balaban J connectivity index is 1.05. The molecule has 1 aliphatic heterocycles. The van der Waals surface area contributed by atoms with Crippen molar-refractivity contribution in [3.05, 3.63) is 66.1 Å². The number of fused-ring (bicyclic) bond motifs is 1. The molecular formula is C25H24F3N8O2. The van der Waals surface area contributed by atoms with Crippen LogP contribution in [0.3, 0.4) is 0 Å². The molecule has 5 heterocycles. The van der Waals surface area contributed by atoms with Crippen LogP contribution in [0.1, 0.15) is 34.6 Å². The second kappa shape index (κ2) is 9.48. The SMILES string of the molecule is O=C(c1cc(CO)cc(C(F)(F)F)n1)N1CCN(C2C[C](n3cc(-c4ncnc5[nH]ccc45)cn3)C2)CC1. The van der Waals surface area contributed by atoms with Gasteiger partial charge in [-0.25, -0.2) is 15.0 Å². The number of alkyl halides is 3. The van der Waals surface area contributed by atoms with Crippen LogP contribution in [0.4, 0.5) is 13.2 Å². The van der Waals surface area contributed by atoms with E-state index in [0.29, 0.717) is 32.2 Å². The number of H-pyrrole nitrogens is 1. The molecule has 1 aliphatic carbocycles. The van der Waals surface area contributed by atoms with Crippen molar-refractivity contribution in [1.82, 2.24) is 39.5 Å². The van der Waals surface area contributed by atoms with Crippen LogP contribution in [0, 0.1) is 6.04 Å². The van der Waals surface area contributed by atoms with Gasteiger partial charge in [0.1, 0.15) is 23.4 Å². The summed E-state index contributed by atoms with van der Waals surface area (Å²) in [4.78, 5) is 32.0. The summed E-state index contributed by atoms with van der Waals surface area (Å²) in [7, 11) is 0. The maximum Gasteiger partial charge on any atom is 0.433 e. The van der Waals surface area contributed by atoms with Gasteiger partial charge in [0, 0.05) is 55.6 Å². The van der Waals surface area contributed by atoms with E-state index in [1.54, 1.807) is 6.20 Å². The highest BCUT2D eigenvalue weighted by Gasteiger charge is 2.39. The van der Waals surface area contributed by atoms with Crippen LogP contribution in [-0.2, 0) is 12.8 Å². The predicted octanol–water partition coefficient (Wildman–Crippen LogP) is 2.73. The lowest BCUT2D eigenvalue weighted by Gasteiger charge is -2.45. The Morgan fingerprint density at radius 3 is 2.66 bits per heavy atom. The number of piperazine rings is 1. The number of hydrogen-bond donors (Lipinski definition) is 2. The second-order valence-electron chi connectivity index (χ2n) is 9.49. The zero-order chi connectivity index (χ0) is 26.4. The molecule has 0 aromatic carbocycles. The van der Waals surface area contributed by atoms with Crippen LogP contribution in [0.2, 0.25) is 0 Å². The third-order valence-corrected chi connectivity index (χ3v) is 7.17. The van der Waals surface area contributed by atoms with Crippen LogP contribution in [0.5, 0.6) is 0 Å². The minimum atomic E-state index is -4.70. The van der Waals surface area contributed by atoms with Gasteiger partial charge in [-0.15, -0.1) is 0 Å². The molecular weight excluding hydrogens is 501 g/mol. The van der Waals surface area contributed by atoms with Crippen molar-refractivity contribution in [3.63, 3.8) is 0 Å². The molecule has 6 rings (SSSR count). The summed E-state index contributed by atoms with van der Waals surface area (Å²) in [5, 5.41) is 14.8. The summed E-state index contributed by atoms with van der Waals surface area (Å²) in [6.45, 7) is 1.42. The molecule has 0 bridgehead atoms. The van der Waals surface area contributed by atoms with Crippen LogP contribution in [0.25, 0.3) is 22.3 Å². The number of pyridine rings is 1. The van der Waals surface area contributed by atoms with Crippen LogP contribution >= 0.6 is 0 Å². The smallest absolute Gasteiger partial charge is 0.392 e. The topological polar surface area (TPSA) is 116 Å². The molecule has 38 heavy (non-hydrogen) atoms. The fourth-order valence-electron chi connectivity index (χ4n) is 5.04. The van der Waals surface area contributed by atoms with Gasteiger partial charge in [-0.2, -0.15) is 18.3 Å². The Morgan fingerprint density at radius 1 is 1.13 bits per heavy atom. The van der Waals surface area contributed by atoms with Crippen molar-refractivity contribution >= 4 is 16.9 Å². The van der Waals surface area contributed by atoms with Gasteiger partial charge in [0.15, 0.2) is 0 Å². The first-order valence-electron chi connectivity index (χ1n) is 12.2. The average molecular weight is 526 g/mol. The number of carbonyl (C=O) groups is 1. The molecule has 2 fully saturated rings. The Hall–Kier alpha value is -3.84. The zero-order valence-electron chi connectivity index (χ0n) is 20.2. The van der Waals surface area contributed by atoms with Gasteiger partial charge < -0.3 is 15.0 Å². The van der Waals surface area contributed by atoms with Crippen molar-refractivity contribution in [2.24, 2.45) is 0 Å². The van der Waals surface area contributed by atoms with E-state index < -0.39 is 24.4 Å². The highest BCUT2D eigenvalue weighted by atomic mass is 19.4. The quantitative estimate of drug-likeness (QED) is 0.412. The average Bonchev–Trinajstić information content (AvgIpc) is 3.57.